The maximum atomic E-state index is 10.9. The van der Waals surface area contributed by atoms with Gasteiger partial charge in [-0.05, 0) is 45.7 Å². The van der Waals surface area contributed by atoms with Crippen molar-refractivity contribution < 1.29 is 9.85 Å². The van der Waals surface area contributed by atoms with Crippen molar-refractivity contribution in [1.82, 2.24) is 9.97 Å². The SMILES string of the molecule is Cc1[nH]c(=O)c(Br)cc1[N+](=O)[O-].Cc1nc(Cl)c(Br)cc1[N+](=O)[O-]. The van der Waals surface area contributed by atoms with Gasteiger partial charge >= 0.3 is 0 Å². The number of halogens is 3. The molecule has 0 radical (unpaired) electrons. The Morgan fingerprint density at radius 1 is 1.08 bits per heavy atom. The van der Waals surface area contributed by atoms with E-state index in [9.17, 15) is 25.0 Å². The monoisotopic (exact) mass is 482 g/mol. The summed E-state index contributed by atoms with van der Waals surface area (Å²) in [5.74, 6) is 0. The molecule has 0 amide bonds. The molecule has 0 bridgehead atoms. The van der Waals surface area contributed by atoms with E-state index in [1.807, 2.05) is 0 Å². The fraction of sp³-hybridized carbons (Fsp3) is 0.167. The first-order valence-corrected chi connectivity index (χ1v) is 8.01. The van der Waals surface area contributed by atoms with Crippen LogP contribution in [0.5, 0.6) is 0 Å². The molecule has 12 heteroatoms. The molecule has 2 aromatic heterocycles. The molecule has 0 aliphatic rings. The van der Waals surface area contributed by atoms with Crippen LogP contribution in [0.25, 0.3) is 0 Å². The zero-order valence-electron chi connectivity index (χ0n) is 12.2. The highest BCUT2D eigenvalue weighted by Crippen LogP contribution is 2.26. The van der Waals surface area contributed by atoms with Crippen molar-refractivity contribution in [2.45, 2.75) is 13.8 Å². The Labute approximate surface area is 156 Å². The van der Waals surface area contributed by atoms with E-state index in [-0.39, 0.29) is 32.3 Å². The van der Waals surface area contributed by atoms with E-state index in [0.29, 0.717) is 10.2 Å². The number of H-pyrrole nitrogens is 1. The number of nitro groups is 2. The molecule has 0 saturated heterocycles. The van der Waals surface area contributed by atoms with Crippen molar-refractivity contribution in [3.63, 3.8) is 0 Å². The fourth-order valence-electron chi connectivity index (χ4n) is 1.50. The van der Waals surface area contributed by atoms with Gasteiger partial charge in [-0.1, -0.05) is 11.6 Å². The number of rotatable bonds is 2. The quantitative estimate of drug-likeness (QED) is 0.388. The van der Waals surface area contributed by atoms with Gasteiger partial charge in [0.1, 0.15) is 10.8 Å². The number of hydrogen-bond donors (Lipinski definition) is 1. The molecular formula is C12H9Br2ClN4O5. The molecule has 0 aromatic carbocycles. The fourth-order valence-corrected chi connectivity index (χ4v) is 2.31. The first kappa shape index (κ1) is 20.2. The molecule has 2 rings (SSSR count). The average molecular weight is 484 g/mol. The molecule has 24 heavy (non-hydrogen) atoms. The summed E-state index contributed by atoms with van der Waals surface area (Å²) in [6.45, 7) is 3.02. The summed E-state index contributed by atoms with van der Waals surface area (Å²) in [6, 6.07) is 2.53. The van der Waals surface area contributed by atoms with Gasteiger partial charge < -0.3 is 4.98 Å². The van der Waals surface area contributed by atoms with Crippen LogP contribution in [-0.2, 0) is 0 Å². The van der Waals surface area contributed by atoms with Gasteiger partial charge in [-0.25, -0.2) is 4.98 Å². The Balaban J connectivity index is 0.000000240. The number of nitrogens with one attached hydrogen (secondary N) is 1. The summed E-state index contributed by atoms with van der Waals surface area (Å²) in [4.78, 5) is 36.7. The molecule has 0 unspecified atom stereocenters. The summed E-state index contributed by atoms with van der Waals surface area (Å²) in [7, 11) is 0. The minimum Gasteiger partial charge on any atom is -0.319 e. The van der Waals surface area contributed by atoms with Gasteiger partial charge in [0.15, 0.2) is 0 Å². The molecule has 0 atom stereocenters. The highest BCUT2D eigenvalue weighted by molar-refractivity contribution is 9.10. The van der Waals surface area contributed by atoms with E-state index in [1.165, 1.54) is 26.0 Å². The minimum absolute atomic E-state index is 0.0359. The topological polar surface area (TPSA) is 132 Å². The summed E-state index contributed by atoms with van der Waals surface area (Å²) < 4.78 is 0.598. The van der Waals surface area contributed by atoms with Crippen molar-refractivity contribution in [1.29, 1.82) is 0 Å². The predicted octanol–water partition coefficient (Wildman–Crippen LogP) is 4.07. The van der Waals surface area contributed by atoms with Crippen molar-refractivity contribution >= 4 is 54.8 Å². The summed E-state index contributed by atoms with van der Waals surface area (Å²) in [6.07, 6.45) is 0. The largest absolute Gasteiger partial charge is 0.319 e. The maximum Gasteiger partial charge on any atom is 0.291 e. The van der Waals surface area contributed by atoms with Gasteiger partial charge in [0.05, 0.1) is 24.5 Å². The summed E-state index contributed by atoms with van der Waals surface area (Å²) in [5.41, 5.74) is 0.0762. The van der Waals surface area contributed by atoms with Crippen molar-refractivity contribution in [3.8, 4) is 0 Å². The molecule has 0 fully saturated rings. The molecule has 1 N–H and O–H groups in total. The molecule has 9 nitrogen and oxygen atoms in total. The average Bonchev–Trinajstić information content (AvgIpc) is 2.46. The van der Waals surface area contributed by atoms with Crippen molar-refractivity contribution in [2.75, 3.05) is 0 Å². The van der Waals surface area contributed by atoms with Crippen LogP contribution in [0.3, 0.4) is 0 Å². The van der Waals surface area contributed by atoms with Gasteiger partial charge in [-0.2, -0.15) is 0 Å². The summed E-state index contributed by atoms with van der Waals surface area (Å²) >= 11 is 11.6. The Kier molecular flexibility index (Phi) is 6.99. The zero-order valence-corrected chi connectivity index (χ0v) is 16.1. The van der Waals surface area contributed by atoms with E-state index in [0.717, 1.165) is 0 Å². The molecule has 0 spiro atoms. The Morgan fingerprint density at radius 3 is 2.08 bits per heavy atom. The molecular weight excluding hydrogens is 475 g/mol. The lowest BCUT2D eigenvalue weighted by atomic mass is 10.3. The van der Waals surface area contributed by atoms with Crippen LogP contribution in [0.1, 0.15) is 11.4 Å². The van der Waals surface area contributed by atoms with Crippen LogP contribution in [0.2, 0.25) is 5.15 Å². The smallest absolute Gasteiger partial charge is 0.291 e. The molecule has 2 aromatic rings. The van der Waals surface area contributed by atoms with E-state index in [4.69, 9.17) is 11.6 Å². The lowest BCUT2D eigenvalue weighted by molar-refractivity contribution is -0.385. The van der Waals surface area contributed by atoms with Crippen LogP contribution in [0.15, 0.2) is 25.9 Å². The van der Waals surface area contributed by atoms with Crippen LogP contribution in [-0.4, -0.2) is 19.8 Å². The highest BCUT2D eigenvalue weighted by Gasteiger charge is 2.14. The maximum absolute atomic E-state index is 10.9. The second-order valence-corrected chi connectivity index (χ2v) is 6.40. The van der Waals surface area contributed by atoms with Crippen LogP contribution >= 0.6 is 43.5 Å². The van der Waals surface area contributed by atoms with Crippen LogP contribution < -0.4 is 5.56 Å². The van der Waals surface area contributed by atoms with E-state index in [1.54, 1.807) is 0 Å². The van der Waals surface area contributed by atoms with Gasteiger partial charge in [0.2, 0.25) is 0 Å². The molecule has 2 heterocycles. The second kappa shape index (κ2) is 8.31. The number of aromatic amines is 1. The second-order valence-electron chi connectivity index (χ2n) is 4.34. The molecule has 0 saturated carbocycles. The normalized spacial score (nSPS) is 9.88. The van der Waals surface area contributed by atoms with Crippen molar-refractivity contribution in [3.05, 3.63) is 68.2 Å². The Bertz CT molecular complexity index is 871. The predicted molar refractivity (Wildman–Crippen MR) is 94.5 cm³/mol. The van der Waals surface area contributed by atoms with E-state index in [2.05, 4.69) is 41.8 Å². The number of aryl methyl sites for hydroxylation is 2. The standard InChI is InChI=1S/C6H4BrClN2O2.C6H5BrN2O3/c1-3-5(10(11)12)2-4(7)6(8)9-3;1-3-5(9(11)12)2-4(7)6(10)8-3/h2H,1H3;2H,1H3,(H,8,10). The Hall–Kier alpha value is -1.85. The first-order chi connectivity index (χ1) is 11.0. The molecule has 128 valence electrons. The van der Waals surface area contributed by atoms with Gasteiger partial charge in [0.25, 0.3) is 16.9 Å². The van der Waals surface area contributed by atoms with Crippen molar-refractivity contribution in [2.24, 2.45) is 0 Å². The van der Waals surface area contributed by atoms with Crippen LogP contribution in [0, 0.1) is 34.1 Å². The highest BCUT2D eigenvalue weighted by atomic mass is 79.9. The minimum atomic E-state index is -0.546. The zero-order chi connectivity index (χ0) is 18.6. The number of nitrogens with zero attached hydrogens (tertiary/aromatic N) is 3. The third-order valence-electron chi connectivity index (χ3n) is 2.66. The Morgan fingerprint density at radius 2 is 1.58 bits per heavy atom. The number of hydrogen-bond acceptors (Lipinski definition) is 6. The number of aromatic nitrogens is 2. The van der Waals surface area contributed by atoms with E-state index < -0.39 is 9.85 Å². The van der Waals surface area contributed by atoms with Crippen LogP contribution in [0.4, 0.5) is 11.4 Å². The van der Waals surface area contributed by atoms with Gasteiger partial charge in [0, 0.05) is 12.1 Å². The van der Waals surface area contributed by atoms with Gasteiger partial charge in [-0.3, -0.25) is 25.0 Å². The molecule has 0 aliphatic carbocycles. The lowest BCUT2D eigenvalue weighted by Crippen LogP contribution is -2.09. The first-order valence-electron chi connectivity index (χ1n) is 6.05. The third kappa shape index (κ3) is 5.08. The van der Waals surface area contributed by atoms with Gasteiger partial charge in [-0.15, -0.1) is 0 Å². The van der Waals surface area contributed by atoms with E-state index >= 15 is 0 Å². The third-order valence-corrected chi connectivity index (χ3v) is 4.37. The molecule has 0 aliphatic heterocycles. The number of pyridine rings is 2. The summed E-state index contributed by atoms with van der Waals surface area (Å²) in [5, 5.41) is 21.0. The lowest BCUT2D eigenvalue weighted by Gasteiger charge is -1.98.